The highest BCUT2D eigenvalue weighted by molar-refractivity contribution is 7.12. The van der Waals surface area contributed by atoms with E-state index < -0.39 is 5.97 Å². The van der Waals surface area contributed by atoms with Gasteiger partial charge in [-0.2, -0.15) is 0 Å². The molecule has 0 aliphatic heterocycles. The average Bonchev–Trinajstić information content (AvgIpc) is 2.83. The Morgan fingerprint density at radius 3 is 2.68 bits per heavy atom. The number of nitrogens with zero attached hydrogens (tertiary/aromatic N) is 2. The zero-order valence-corrected chi connectivity index (χ0v) is 12.3. The van der Waals surface area contributed by atoms with E-state index in [1.807, 2.05) is 11.5 Å². The number of carbonyl (C=O) groups is 1. The van der Waals surface area contributed by atoms with Gasteiger partial charge < -0.3 is 15.0 Å². The van der Waals surface area contributed by atoms with E-state index in [2.05, 4.69) is 29.6 Å². The van der Waals surface area contributed by atoms with Crippen LogP contribution in [0.15, 0.2) is 6.07 Å². The number of rotatable bonds is 3. The van der Waals surface area contributed by atoms with Gasteiger partial charge >= 0.3 is 5.97 Å². The van der Waals surface area contributed by atoms with Crippen molar-refractivity contribution in [2.24, 2.45) is 0 Å². The molecule has 0 aliphatic carbocycles. The standard InChI is InChI=1S/C13H17N3O2S/c1-7-5-10(19-8(7)2)6-16-9(3)15-11(12(16)14)13(17)18-4/h5H,6,14H2,1-4H3. The van der Waals surface area contributed by atoms with E-state index in [0.29, 0.717) is 18.2 Å². The van der Waals surface area contributed by atoms with Gasteiger partial charge in [0.15, 0.2) is 5.69 Å². The van der Waals surface area contributed by atoms with Crippen LogP contribution in [0, 0.1) is 20.8 Å². The molecule has 0 fully saturated rings. The van der Waals surface area contributed by atoms with E-state index in [0.717, 1.165) is 0 Å². The van der Waals surface area contributed by atoms with Gasteiger partial charge in [0.25, 0.3) is 0 Å². The van der Waals surface area contributed by atoms with Crippen LogP contribution in [0.2, 0.25) is 0 Å². The van der Waals surface area contributed by atoms with Crippen molar-refractivity contribution in [1.29, 1.82) is 0 Å². The average molecular weight is 279 g/mol. The van der Waals surface area contributed by atoms with Gasteiger partial charge in [0.2, 0.25) is 0 Å². The number of hydrogen-bond acceptors (Lipinski definition) is 5. The third-order valence-electron chi connectivity index (χ3n) is 3.11. The molecule has 5 nitrogen and oxygen atoms in total. The van der Waals surface area contributed by atoms with Crippen LogP contribution in [0.3, 0.4) is 0 Å². The van der Waals surface area contributed by atoms with Gasteiger partial charge in [-0.1, -0.05) is 0 Å². The highest BCUT2D eigenvalue weighted by Crippen LogP contribution is 2.24. The van der Waals surface area contributed by atoms with Crippen LogP contribution in [0.4, 0.5) is 5.82 Å². The lowest BCUT2D eigenvalue weighted by Crippen LogP contribution is -2.09. The first kappa shape index (κ1) is 13.6. The number of nitrogens with two attached hydrogens (primary N) is 1. The van der Waals surface area contributed by atoms with E-state index >= 15 is 0 Å². The Labute approximate surface area is 116 Å². The summed E-state index contributed by atoms with van der Waals surface area (Å²) >= 11 is 1.73. The molecule has 0 radical (unpaired) electrons. The lowest BCUT2D eigenvalue weighted by Gasteiger charge is -2.05. The van der Waals surface area contributed by atoms with E-state index in [4.69, 9.17) is 5.73 Å². The molecule has 2 N–H and O–H groups in total. The van der Waals surface area contributed by atoms with Gasteiger partial charge in [-0.15, -0.1) is 11.3 Å². The molecule has 102 valence electrons. The van der Waals surface area contributed by atoms with Crippen LogP contribution >= 0.6 is 11.3 Å². The van der Waals surface area contributed by atoms with Crippen molar-refractivity contribution in [3.05, 3.63) is 32.9 Å². The number of thiophene rings is 1. The van der Waals surface area contributed by atoms with Crippen LogP contribution in [0.25, 0.3) is 0 Å². The maximum atomic E-state index is 11.5. The number of ether oxygens (including phenoxy) is 1. The van der Waals surface area contributed by atoms with E-state index in [1.54, 1.807) is 11.3 Å². The smallest absolute Gasteiger partial charge is 0.360 e. The zero-order valence-electron chi connectivity index (χ0n) is 11.5. The lowest BCUT2D eigenvalue weighted by molar-refractivity contribution is 0.0595. The Hall–Kier alpha value is -1.82. The fraction of sp³-hybridized carbons (Fsp3) is 0.385. The fourth-order valence-electron chi connectivity index (χ4n) is 1.91. The number of anilines is 1. The Morgan fingerprint density at radius 1 is 1.47 bits per heavy atom. The van der Waals surface area contributed by atoms with Crippen molar-refractivity contribution in [2.75, 3.05) is 12.8 Å². The Morgan fingerprint density at radius 2 is 2.16 bits per heavy atom. The molecule has 0 spiro atoms. The van der Waals surface area contributed by atoms with Crippen molar-refractivity contribution in [2.45, 2.75) is 27.3 Å². The third kappa shape index (κ3) is 2.49. The summed E-state index contributed by atoms with van der Waals surface area (Å²) in [6.45, 7) is 6.63. The first-order chi connectivity index (χ1) is 8.93. The van der Waals surface area contributed by atoms with Gasteiger partial charge in [0, 0.05) is 9.75 Å². The summed E-state index contributed by atoms with van der Waals surface area (Å²) in [7, 11) is 1.32. The number of hydrogen-bond donors (Lipinski definition) is 1. The quantitative estimate of drug-likeness (QED) is 0.875. The molecule has 0 atom stereocenters. The predicted molar refractivity (Wildman–Crippen MR) is 75.6 cm³/mol. The molecule has 6 heteroatoms. The number of imidazole rings is 1. The number of aromatic nitrogens is 2. The summed E-state index contributed by atoms with van der Waals surface area (Å²) in [5.74, 6) is 0.563. The second-order valence-corrected chi connectivity index (χ2v) is 5.76. The monoisotopic (exact) mass is 279 g/mol. The largest absolute Gasteiger partial charge is 0.464 e. The molecule has 19 heavy (non-hydrogen) atoms. The summed E-state index contributed by atoms with van der Waals surface area (Å²) in [5, 5.41) is 0. The number of esters is 1. The minimum absolute atomic E-state index is 0.185. The first-order valence-electron chi connectivity index (χ1n) is 5.90. The van der Waals surface area contributed by atoms with E-state index in [1.165, 1.54) is 22.4 Å². The maximum absolute atomic E-state index is 11.5. The van der Waals surface area contributed by atoms with Gasteiger partial charge in [-0.25, -0.2) is 9.78 Å². The molecule has 0 amide bonds. The molecule has 0 bridgehead atoms. The summed E-state index contributed by atoms with van der Waals surface area (Å²) < 4.78 is 6.50. The number of nitrogen functional groups attached to an aromatic ring is 1. The summed E-state index contributed by atoms with van der Waals surface area (Å²) in [6.07, 6.45) is 0. The van der Waals surface area contributed by atoms with Crippen molar-refractivity contribution >= 4 is 23.1 Å². The van der Waals surface area contributed by atoms with Crippen molar-refractivity contribution in [3.63, 3.8) is 0 Å². The molecular formula is C13H17N3O2S. The van der Waals surface area contributed by atoms with Gasteiger partial charge in [-0.3, -0.25) is 0 Å². The molecule has 0 aromatic carbocycles. The third-order valence-corrected chi connectivity index (χ3v) is 4.24. The number of aryl methyl sites for hydroxylation is 3. The Kier molecular flexibility index (Phi) is 3.61. The van der Waals surface area contributed by atoms with Crippen molar-refractivity contribution in [1.82, 2.24) is 9.55 Å². The van der Waals surface area contributed by atoms with Crippen LogP contribution in [-0.4, -0.2) is 22.6 Å². The van der Waals surface area contributed by atoms with Crippen LogP contribution in [0.1, 0.15) is 31.6 Å². The molecule has 0 saturated carbocycles. The zero-order chi connectivity index (χ0) is 14.2. The van der Waals surface area contributed by atoms with Gasteiger partial charge in [-0.05, 0) is 32.4 Å². The second kappa shape index (κ2) is 5.05. The topological polar surface area (TPSA) is 70.1 Å². The van der Waals surface area contributed by atoms with Crippen LogP contribution in [0.5, 0.6) is 0 Å². The molecule has 2 aromatic rings. The second-order valence-electron chi connectivity index (χ2n) is 4.42. The van der Waals surface area contributed by atoms with Crippen molar-refractivity contribution in [3.8, 4) is 0 Å². The van der Waals surface area contributed by atoms with E-state index in [-0.39, 0.29) is 5.69 Å². The molecule has 2 rings (SSSR count). The molecular weight excluding hydrogens is 262 g/mol. The Bertz CT molecular complexity index is 609. The summed E-state index contributed by atoms with van der Waals surface area (Å²) in [4.78, 5) is 18.2. The molecule has 2 heterocycles. The molecule has 2 aromatic heterocycles. The van der Waals surface area contributed by atoms with Crippen molar-refractivity contribution < 1.29 is 9.53 Å². The van der Waals surface area contributed by atoms with Crippen LogP contribution < -0.4 is 5.73 Å². The lowest BCUT2D eigenvalue weighted by atomic mass is 10.3. The van der Waals surface area contributed by atoms with Gasteiger partial charge in [0.1, 0.15) is 11.6 Å². The summed E-state index contributed by atoms with van der Waals surface area (Å²) in [6, 6.07) is 2.14. The Balaban J connectivity index is 2.35. The first-order valence-corrected chi connectivity index (χ1v) is 6.72. The molecule has 0 unspecified atom stereocenters. The van der Waals surface area contributed by atoms with Crippen LogP contribution in [-0.2, 0) is 11.3 Å². The van der Waals surface area contributed by atoms with E-state index in [9.17, 15) is 4.79 Å². The normalized spacial score (nSPS) is 10.7. The number of carbonyl (C=O) groups excluding carboxylic acids is 1. The van der Waals surface area contributed by atoms with Gasteiger partial charge in [0.05, 0.1) is 13.7 Å². The molecule has 0 aliphatic rings. The summed E-state index contributed by atoms with van der Waals surface area (Å²) in [5.41, 5.74) is 7.43. The predicted octanol–water partition coefficient (Wildman–Crippen LogP) is 2.29. The molecule has 0 saturated heterocycles. The minimum atomic E-state index is -0.502. The number of methoxy groups -OCH3 is 1. The maximum Gasteiger partial charge on any atom is 0.360 e. The minimum Gasteiger partial charge on any atom is -0.464 e. The highest BCUT2D eigenvalue weighted by Gasteiger charge is 2.19. The SMILES string of the molecule is COC(=O)c1nc(C)n(Cc2cc(C)c(C)s2)c1N. The fourth-order valence-corrected chi connectivity index (χ4v) is 2.95. The highest BCUT2D eigenvalue weighted by atomic mass is 32.1.